The molecule has 0 bridgehead atoms. The Morgan fingerprint density at radius 2 is 2.06 bits per heavy atom. The van der Waals surface area contributed by atoms with Crippen LogP contribution >= 0.6 is 0 Å². The van der Waals surface area contributed by atoms with Crippen LogP contribution in [-0.4, -0.2) is 29.2 Å². The van der Waals surface area contributed by atoms with Gasteiger partial charge in [-0.1, -0.05) is 19.9 Å². The third-order valence-electron chi connectivity index (χ3n) is 3.35. The van der Waals surface area contributed by atoms with E-state index >= 15 is 0 Å². The first-order chi connectivity index (χ1) is 8.49. The average Bonchev–Trinajstić information content (AvgIpc) is 2.63. The predicted octanol–water partition coefficient (Wildman–Crippen LogP) is 2.73. The molecule has 4 heteroatoms. The van der Waals surface area contributed by atoms with E-state index in [2.05, 4.69) is 18.7 Å². The van der Waals surface area contributed by atoms with Gasteiger partial charge >= 0.3 is 0 Å². The van der Waals surface area contributed by atoms with Gasteiger partial charge < -0.3 is 5.11 Å². The Hall–Kier alpha value is -1.00. The molecule has 1 fully saturated rings. The van der Waals surface area contributed by atoms with E-state index in [1.54, 1.807) is 6.07 Å². The highest BCUT2D eigenvalue weighted by Crippen LogP contribution is 2.33. The van der Waals surface area contributed by atoms with E-state index in [9.17, 15) is 13.9 Å². The molecule has 1 aromatic carbocycles. The number of nitrogens with zero attached hydrogens (tertiary/aromatic N) is 1. The molecule has 0 amide bonds. The SMILES string of the molecule is CC(C)CN1CCC(O)C1c1ccc(F)c(F)c1. The van der Waals surface area contributed by atoms with Gasteiger partial charge in [0.15, 0.2) is 11.6 Å². The number of aliphatic hydroxyl groups excluding tert-OH is 1. The van der Waals surface area contributed by atoms with Crippen LogP contribution in [0.25, 0.3) is 0 Å². The van der Waals surface area contributed by atoms with Crippen molar-refractivity contribution < 1.29 is 13.9 Å². The first-order valence-electron chi connectivity index (χ1n) is 6.36. The van der Waals surface area contributed by atoms with Crippen LogP contribution in [0.4, 0.5) is 8.78 Å². The van der Waals surface area contributed by atoms with Gasteiger partial charge in [-0.25, -0.2) is 8.78 Å². The van der Waals surface area contributed by atoms with Crippen molar-refractivity contribution in [3.63, 3.8) is 0 Å². The maximum Gasteiger partial charge on any atom is 0.159 e. The Kier molecular flexibility index (Phi) is 3.97. The molecule has 2 rings (SSSR count). The molecule has 100 valence electrons. The normalized spacial score (nSPS) is 25.0. The minimum atomic E-state index is -0.851. The standard InChI is InChI=1S/C14H19F2NO/c1-9(2)8-17-6-5-13(18)14(17)10-3-4-11(15)12(16)7-10/h3-4,7,9,13-14,18H,5-6,8H2,1-2H3. The van der Waals surface area contributed by atoms with Crippen molar-refractivity contribution in [1.82, 2.24) is 4.90 Å². The lowest BCUT2D eigenvalue weighted by Crippen LogP contribution is -2.30. The lowest BCUT2D eigenvalue weighted by Gasteiger charge is -2.28. The monoisotopic (exact) mass is 255 g/mol. The quantitative estimate of drug-likeness (QED) is 0.897. The van der Waals surface area contributed by atoms with Crippen LogP contribution in [0.15, 0.2) is 18.2 Å². The van der Waals surface area contributed by atoms with E-state index in [-0.39, 0.29) is 6.04 Å². The maximum atomic E-state index is 13.3. The second-order valence-corrected chi connectivity index (χ2v) is 5.36. The summed E-state index contributed by atoms with van der Waals surface area (Å²) in [6.45, 7) is 5.85. The molecule has 0 spiro atoms. The molecule has 0 radical (unpaired) electrons. The number of hydrogen-bond acceptors (Lipinski definition) is 2. The number of aliphatic hydroxyl groups is 1. The zero-order chi connectivity index (χ0) is 13.3. The molecule has 1 N–H and O–H groups in total. The van der Waals surface area contributed by atoms with Gasteiger partial charge in [-0.3, -0.25) is 4.90 Å². The van der Waals surface area contributed by atoms with Crippen molar-refractivity contribution in [2.24, 2.45) is 5.92 Å². The summed E-state index contributed by atoms with van der Waals surface area (Å²) in [5.74, 6) is -1.22. The van der Waals surface area contributed by atoms with Crippen LogP contribution in [0.5, 0.6) is 0 Å². The van der Waals surface area contributed by atoms with Crippen LogP contribution in [-0.2, 0) is 0 Å². The number of hydrogen-bond donors (Lipinski definition) is 1. The van der Waals surface area contributed by atoms with E-state index in [1.165, 1.54) is 6.07 Å². The van der Waals surface area contributed by atoms with Gasteiger partial charge in [0, 0.05) is 13.1 Å². The Bertz CT molecular complexity index is 422. The van der Waals surface area contributed by atoms with Gasteiger partial charge in [-0.05, 0) is 30.0 Å². The van der Waals surface area contributed by atoms with Crippen molar-refractivity contribution in [3.05, 3.63) is 35.4 Å². The van der Waals surface area contributed by atoms with Crippen LogP contribution in [0.1, 0.15) is 31.9 Å². The zero-order valence-corrected chi connectivity index (χ0v) is 10.7. The summed E-state index contributed by atoms with van der Waals surface area (Å²) in [6.07, 6.45) is 0.171. The Balaban J connectivity index is 2.24. The highest BCUT2D eigenvalue weighted by molar-refractivity contribution is 5.23. The largest absolute Gasteiger partial charge is 0.391 e. The molecule has 1 aromatic rings. The minimum Gasteiger partial charge on any atom is -0.391 e. The lowest BCUT2D eigenvalue weighted by molar-refractivity contribution is 0.110. The molecule has 1 aliphatic heterocycles. The molecular formula is C14H19F2NO. The van der Waals surface area contributed by atoms with Gasteiger partial charge in [0.1, 0.15) is 0 Å². The summed E-state index contributed by atoms with van der Waals surface area (Å²) < 4.78 is 26.2. The topological polar surface area (TPSA) is 23.5 Å². The second kappa shape index (κ2) is 5.33. The molecule has 1 aliphatic rings. The number of halogens is 2. The van der Waals surface area contributed by atoms with Gasteiger partial charge in [-0.15, -0.1) is 0 Å². The predicted molar refractivity (Wildman–Crippen MR) is 66.1 cm³/mol. The van der Waals surface area contributed by atoms with E-state index in [1.807, 2.05) is 0 Å². The fourth-order valence-electron chi connectivity index (χ4n) is 2.64. The summed E-state index contributed by atoms with van der Waals surface area (Å²) >= 11 is 0. The molecule has 2 nitrogen and oxygen atoms in total. The lowest BCUT2D eigenvalue weighted by atomic mass is 10.0. The number of rotatable bonds is 3. The van der Waals surface area contributed by atoms with Crippen LogP contribution < -0.4 is 0 Å². The summed E-state index contributed by atoms with van der Waals surface area (Å²) in [4.78, 5) is 2.14. The number of benzene rings is 1. The third-order valence-corrected chi connectivity index (χ3v) is 3.35. The summed E-state index contributed by atoms with van der Waals surface area (Å²) in [5, 5.41) is 10.0. The molecule has 18 heavy (non-hydrogen) atoms. The van der Waals surface area contributed by atoms with E-state index in [4.69, 9.17) is 0 Å². The minimum absolute atomic E-state index is 0.220. The molecule has 0 saturated carbocycles. The number of likely N-dealkylation sites (tertiary alicyclic amines) is 1. The van der Waals surface area contributed by atoms with Crippen LogP contribution in [0, 0.1) is 17.6 Å². The van der Waals surface area contributed by atoms with Crippen molar-refractivity contribution >= 4 is 0 Å². The van der Waals surface area contributed by atoms with Gasteiger partial charge in [0.2, 0.25) is 0 Å². The molecule has 2 unspecified atom stereocenters. The fourth-order valence-corrected chi connectivity index (χ4v) is 2.64. The first-order valence-corrected chi connectivity index (χ1v) is 6.36. The summed E-state index contributed by atoms with van der Waals surface area (Å²) in [6, 6.07) is 3.67. The van der Waals surface area contributed by atoms with E-state index in [0.29, 0.717) is 17.9 Å². The average molecular weight is 255 g/mol. The van der Waals surface area contributed by atoms with E-state index in [0.717, 1.165) is 19.2 Å². The molecule has 0 aliphatic carbocycles. The molecular weight excluding hydrogens is 236 g/mol. The highest BCUT2D eigenvalue weighted by atomic mass is 19.2. The second-order valence-electron chi connectivity index (χ2n) is 5.36. The molecule has 1 heterocycles. The molecule has 0 aromatic heterocycles. The van der Waals surface area contributed by atoms with E-state index < -0.39 is 17.7 Å². The highest BCUT2D eigenvalue weighted by Gasteiger charge is 2.34. The van der Waals surface area contributed by atoms with Gasteiger partial charge in [-0.2, -0.15) is 0 Å². The van der Waals surface area contributed by atoms with Gasteiger partial charge in [0.25, 0.3) is 0 Å². The molecule has 1 saturated heterocycles. The zero-order valence-electron chi connectivity index (χ0n) is 10.7. The van der Waals surface area contributed by atoms with Crippen LogP contribution in [0.2, 0.25) is 0 Å². The van der Waals surface area contributed by atoms with Crippen LogP contribution in [0.3, 0.4) is 0 Å². The summed E-state index contributed by atoms with van der Waals surface area (Å²) in [5.41, 5.74) is 0.652. The van der Waals surface area contributed by atoms with Crippen molar-refractivity contribution in [2.75, 3.05) is 13.1 Å². The fraction of sp³-hybridized carbons (Fsp3) is 0.571. The Labute approximate surface area is 106 Å². The van der Waals surface area contributed by atoms with Crippen molar-refractivity contribution in [1.29, 1.82) is 0 Å². The first kappa shape index (κ1) is 13.4. The third kappa shape index (κ3) is 2.70. The van der Waals surface area contributed by atoms with Gasteiger partial charge in [0.05, 0.1) is 12.1 Å². The Morgan fingerprint density at radius 1 is 1.33 bits per heavy atom. The van der Waals surface area contributed by atoms with Crippen molar-refractivity contribution in [3.8, 4) is 0 Å². The smallest absolute Gasteiger partial charge is 0.159 e. The Morgan fingerprint density at radius 3 is 2.67 bits per heavy atom. The van der Waals surface area contributed by atoms with Crippen molar-refractivity contribution in [2.45, 2.75) is 32.4 Å². The summed E-state index contributed by atoms with van der Waals surface area (Å²) in [7, 11) is 0. The molecule has 2 atom stereocenters. The maximum absolute atomic E-state index is 13.3.